The lowest BCUT2D eigenvalue weighted by Crippen LogP contribution is -2.46. The second-order valence-corrected chi connectivity index (χ2v) is 11.5. The maximum Gasteiger partial charge on any atom is 0.238 e. The highest BCUT2D eigenvalue weighted by Gasteiger charge is 2.46. The molecule has 3 N–H and O–H groups in total. The first kappa shape index (κ1) is 21.9. The normalized spacial score (nSPS) is 22.9. The van der Waals surface area contributed by atoms with Gasteiger partial charge in [0.05, 0.1) is 16.2 Å². The number of nitrogens with two attached hydrogens (primary N) is 1. The van der Waals surface area contributed by atoms with Crippen LogP contribution in [0.25, 0.3) is 11.1 Å². The third-order valence-corrected chi connectivity index (χ3v) is 8.18. The molecular formula is C20H25FN2O4S2. The maximum absolute atomic E-state index is 15.8. The van der Waals surface area contributed by atoms with E-state index in [1.807, 2.05) is 0 Å². The van der Waals surface area contributed by atoms with Gasteiger partial charge in [-0.15, -0.1) is 0 Å². The molecule has 0 aromatic heterocycles. The summed E-state index contributed by atoms with van der Waals surface area (Å²) in [6.45, 7) is 3.13. The quantitative estimate of drug-likeness (QED) is 0.720. The third kappa shape index (κ3) is 4.53. The van der Waals surface area contributed by atoms with Crippen molar-refractivity contribution in [1.29, 1.82) is 0 Å². The van der Waals surface area contributed by atoms with Crippen LogP contribution in [0.4, 0.5) is 4.39 Å². The number of sulfonamides is 2. The average molecular weight is 441 g/mol. The van der Waals surface area contributed by atoms with Gasteiger partial charge in [0, 0.05) is 0 Å². The van der Waals surface area contributed by atoms with Crippen LogP contribution in [0.1, 0.15) is 38.7 Å². The van der Waals surface area contributed by atoms with Gasteiger partial charge in [0.2, 0.25) is 20.0 Å². The molecule has 2 aromatic carbocycles. The first-order valence-electron chi connectivity index (χ1n) is 9.37. The Hall–Kier alpha value is -1.81. The Balaban J connectivity index is 1.85. The molecule has 0 radical (unpaired) electrons. The molecule has 2 aromatic rings. The summed E-state index contributed by atoms with van der Waals surface area (Å²) in [4.78, 5) is 0.0202. The van der Waals surface area contributed by atoms with Crippen LogP contribution in [0.2, 0.25) is 0 Å². The molecule has 0 aliphatic heterocycles. The summed E-state index contributed by atoms with van der Waals surface area (Å²) in [5.41, 5.74) is 0.213. The number of rotatable bonds is 6. The van der Waals surface area contributed by atoms with Crippen LogP contribution < -0.4 is 9.86 Å². The first-order valence-corrected chi connectivity index (χ1v) is 12.5. The molecule has 0 amide bonds. The number of alkyl halides is 1. The van der Waals surface area contributed by atoms with E-state index in [2.05, 4.69) is 4.72 Å². The highest BCUT2D eigenvalue weighted by atomic mass is 32.2. The van der Waals surface area contributed by atoms with Crippen LogP contribution in [0.3, 0.4) is 0 Å². The molecule has 1 aliphatic carbocycles. The summed E-state index contributed by atoms with van der Waals surface area (Å²) in [6.07, 6.45) is 1.29. The highest BCUT2D eigenvalue weighted by Crippen LogP contribution is 2.43. The summed E-state index contributed by atoms with van der Waals surface area (Å²) in [6, 6.07) is 12.1. The van der Waals surface area contributed by atoms with Crippen LogP contribution in [0.5, 0.6) is 0 Å². The van der Waals surface area contributed by atoms with Crippen LogP contribution in [-0.4, -0.2) is 28.1 Å². The molecule has 0 saturated heterocycles. The minimum Gasteiger partial charge on any atom is -0.237 e. The number of benzene rings is 2. The maximum atomic E-state index is 15.8. The van der Waals surface area contributed by atoms with Crippen molar-refractivity contribution >= 4 is 20.0 Å². The van der Waals surface area contributed by atoms with Crippen LogP contribution in [-0.2, 0) is 25.7 Å². The number of primary sulfonamides is 1. The Bertz CT molecular complexity index is 1080. The van der Waals surface area contributed by atoms with Gasteiger partial charge in [0.25, 0.3) is 0 Å². The van der Waals surface area contributed by atoms with E-state index in [1.165, 1.54) is 12.1 Å². The van der Waals surface area contributed by atoms with Crippen LogP contribution in [0.15, 0.2) is 53.4 Å². The number of halogens is 1. The lowest BCUT2D eigenvalue weighted by molar-refractivity contribution is 0.142. The Morgan fingerprint density at radius 2 is 1.52 bits per heavy atom. The minimum atomic E-state index is -3.76. The van der Waals surface area contributed by atoms with Crippen molar-refractivity contribution in [2.75, 3.05) is 0 Å². The van der Waals surface area contributed by atoms with E-state index in [0.29, 0.717) is 18.4 Å². The van der Waals surface area contributed by atoms with E-state index in [9.17, 15) is 16.8 Å². The average Bonchev–Trinajstić information content (AvgIpc) is 3.02. The molecule has 158 valence electrons. The molecule has 0 spiro atoms. The lowest BCUT2D eigenvalue weighted by atomic mass is 9.89. The second kappa shape index (κ2) is 7.79. The fourth-order valence-corrected chi connectivity index (χ4v) is 5.06. The van der Waals surface area contributed by atoms with Gasteiger partial charge in [-0.2, -0.15) is 0 Å². The predicted octanol–water partition coefficient (Wildman–Crippen LogP) is 3.05. The van der Waals surface area contributed by atoms with Crippen molar-refractivity contribution in [3.05, 3.63) is 54.1 Å². The first-order chi connectivity index (χ1) is 13.4. The van der Waals surface area contributed by atoms with Gasteiger partial charge < -0.3 is 0 Å². The summed E-state index contributed by atoms with van der Waals surface area (Å²) in [5.74, 6) is 0. The smallest absolute Gasteiger partial charge is 0.237 e. The van der Waals surface area contributed by atoms with Crippen molar-refractivity contribution in [2.45, 2.75) is 55.0 Å². The van der Waals surface area contributed by atoms with Gasteiger partial charge in [-0.3, -0.25) is 0 Å². The monoisotopic (exact) mass is 440 g/mol. The minimum absolute atomic E-state index is 0.0202. The van der Waals surface area contributed by atoms with Gasteiger partial charge in [-0.25, -0.2) is 31.1 Å². The van der Waals surface area contributed by atoms with Gasteiger partial charge in [0.15, 0.2) is 5.67 Å². The van der Waals surface area contributed by atoms with E-state index in [1.54, 1.807) is 50.2 Å². The molecule has 9 heteroatoms. The zero-order chi connectivity index (χ0) is 21.4. The molecule has 3 rings (SSSR count). The molecule has 1 fully saturated rings. The Morgan fingerprint density at radius 3 is 2.00 bits per heavy atom. The number of hydrogen-bond donors (Lipinski definition) is 2. The van der Waals surface area contributed by atoms with Crippen molar-refractivity contribution < 1.29 is 21.2 Å². The summed E-state index contributed by atoms with van der Waals surface area (Å²) >= 11 is 0. The Labute approximate surface area is 171 Å². The van der Waals surface area contributed by atoms with Gasteiger partial charge in [-0.05, 0) is 61.9 Å². The van der Waals surface area contributed by atoms with E-state index < -0.39 is 37.0 Å². The Kier molecular flexibility index (Phi) is 5.88. The number of hydrogen-bond acceptors (Lipinski definition) is 4. The highest BCUT2D eigenvalue weighted by molar-refractivity contribution is 7.90. The zero-order valence-corrected chi connectivity index (χ0v) is 17.9. The summed E-state index contributed by atoms with van der Waals surface area (Å²) in [5, 5.41) is 4.48. The SMILES string of the molecule is CC(C)S(=O)(=O)N[C@H]1CCC[C@@]1(F)c1ccc(-c2ccc(S(N)(=O)=O)cc2)cc1. The van der Waals surface area contributed by atoms with E-state index in [-0.39, 0.29) is 11.3 Å². The summed E-state index contributed by atoms with van der Waals surface area (Å²) < 4.78 is 65.5. The van der Waals surface area contributed by atoms with E-state index in [0.717, 1.165) is 11.1 Å². The molecular weight excluding hydrogens is 415 g/mol. The third-order valence-electron chi connectivity index (χ3n) is 5.39. The van der Waals surface area contributed by atoms with Crippen LogP contribution >= 0.6 is 0 Å². The topological polar surface area (TPSA) is 106 Å². The van der Waals surface area contributed by atoms with E-state index in [4.69, 9.17) is 5.14 Å². The molecule has 0 unspecified atom stereocenters. The predicted molar refractivity (Wildman–Crippen MR) is 111 cm³/mol. The molecule has 0 bridgehead atoms. The van der Waals surface area contributed by atoms with Crippen molar-refractivity contribution in [3.8, 4) is 11.1 Å². The second-order valence-electron chi connectivity index (χ2n) is 7.67. The van der Waals surface area contributed by atoms with Crippen molar-refractivity contribution in [2.24, 2.45) is 5.14 Å². The molecule has 2 atom stereocenters. The van der Waals surface area contributed by atoms with Crippen LogP contribution in [0, 0.1) is 0 Å². The molecule has 29 heavy (non-hydrogen) atoms. The van der Waals surface area contributed by atoms with Gasteiger partial charge in [-0.1, -0.05) is 36.4 Å². The fraction of sp³-hybridized carbons (Fsp3) is 0.400. The van der Waals surface area contributed by atoms with E-state index >= 15 is 4.39 Å². The Morgan fingerprint density at radius 1 is 1.00 bits per heavy atom. The molecule has 1 aliphatic rings. The zero-order valence-electron chi connectivity index (χ0n) is 16.3. The molecule has 0 heterocycles. The fourth-order valence-electron chi connectivity index (χ4n) is 3.58. The van der Waals surface area contributed by atoms with Crippen molar-refractivity contribution in [3.63, 3.8) is 0 Å². The molecule has 6 nitrogen and oxygen atoms in total. The van der Waals surface area contributed by atoms with Crippen molar-refractivity contribution in [1.82, 2.24) is 4.72 Å². The number of nitrogens with one attached hydrogen (secondary N) is 1. The van der Waals surface area contributed by atoms with Gasteiger partial charge >= 0.3 is 0 Å². The summed E-state index contributed by atoms with van der Waals surface area (Å²) in [7, 11) is -7.34. The molecule has 1 saturated carbocycles. The lowest BCUT2D eigenvalue weighted by Gasteiger charge is -2.29. The standard InChI is InChI=1S/C20H25FN2O4S2/c1-14(2)29(26,27)23-19-4-3-13-20(19,21)17-9-5-15(6-10-17)16-7-11-18(12-8-16)28(22,24)25/h5-12,14,19,23H,3-4,13H2,1-2H3,(H2,22,24,25)/t19-,20+/m0/s1. The largest absolute Gasteiger partial charge is 0.238 e. The van der Waals surface area contributed by atoms with Gasteiger partial charge in [0.1, 0.15) is 0 Å².